The standard InChI is InChI=1S/C16H20ClFN2O5S/c1-19(9-11-12(17)5-3-6-13(11)18)15(21)10-25-16(22)14-7-4-8-20(14)26(2,23)24/h3,5-6,14H,4,7-10H2,1-2H3. The van der Waals surface area contributed by atoms with E-state index in [1.54, 1.807) is 0 Å². The van der Waals surface area contributed by atoms with Crippen LogP contribution in [0.3, 0.4) is 0 Å². The molecule has 1 amide bonds. The van der Waals surface area contributed by atoms with Crippen molar-refractivity contribution in [2.45, 2.75) is 25.4 Å². The smallest absolute Gasteiger partial charge is 0.324 e. The molecule has 1 aromatic rings. The normalized spacial score (nSPS) is 17.9. The number of halogens is 2. The van der Waals surface area contributed by atoms with Crippen LogP contribution in [-0.4, -0.2) is 62.0 Å². The Labute approximate surface area is 156 Å². The topological polar surface area (TPSA) is 84.0 Å². The van der Waals surface area contributed by atoms with Crippen molar-refractivity contribution in [2.24, 2.45) is 0 Å². The number of esters is 1. The number of ether oxygens (including phenoxy) is 1. The molecule has 1 fully saturated rings. The molecule has 1 aliphatic rings. The Hall–Kier alpha value is -1.71. The fourth-order valence-electron chi connectivity index (χ4n) is 2.72. The van der Waals surface area contributed by atoms with Crippen LogP contribution in [0, 0.1) is 5.82 Å². The van der Waals surface area contributed by atoms with Crippen LogP contribution in [0.2, 0.25) is 5.02 Å². The van der Waals surface area contributed by atoms with Gasteiger partial charge in [0.25, 0.3) is 5.91 Å². The molecule has 0 radical (unpaired) electrons. The van der Waals surface area contributed by atoms with Crippen LogP contribution >= 0.6 is 11.6 Å². The lowest BCUT2D eigenvalue weighted by Crippen LogP contribution is -2.42. The van der Waals surface area contributed by atoms with Crippen molar-refractivity contribution in [2.75, 3.05) is 26.5 Å². The Bertz CT molecular complexity index is 782. The summed E-state index contributed by atoms with van der Waals surface area (Å²) in [6.45, 7) is -0.394. The summed E-state index contributed by atoms with van der Waals surface area (Å²) in [5.74, 6) is -1.86. The molecule has 1 atom stereocenters. The van der Waals surface area contributed by atoms with Gasteiger partial charge in [0, 0.05) is 30.7 Å². The number of nitrogens with zero attached hydrogens (tertiary/aromatic N) is 2. The predicted molar refractivity (Wildman–Crippen MR) is 93.4 cm³/mol. The summed E-state index contributed by atoms with van der Waals surface area (Å²) >= 11 is 5.92. The monoisotopic (exact) mass is 406 g/mol. The van der Waals surface area contributed by atoms with Gasteiger partial charge < -0.3 is 9.64 Å². The van der Waals surface area contributed by atoms with Gasteiger partial charge in [0.2, 0.25) is 10.0 Å². The Morgan fingerprint density at radius 2 is 2.12 bits per heavy atom. The van der Waals surface area contributed by atoms with E-state index >= 15 is 0 Å². The van der Waals surface area contributed by atoms with E-state index in [0.29, 0.717) is 12.8 Å². The molecule has 1 aromatic carbocycles. The van der Waals surface area contributed by atoms with Gasteiger partial charge in [-0.2, -0.15) is 4.31 Å². The number of likely N-dealkylation sites (N-methyl/N-ethyl adjacent to an activating group) is 1. The zero-order chi connectivity index (χ0) is 19.5. The van der Waals surface area contributed by atoms with Crippen LogP contribution in [0.1, 0.15) is 18.4 Å². The SMILES string of the molecule is CN(Cc1c(F)cccc1Cl)C(=O)COC(=O)C1CCCN1S(C)(=O)=O. The van der Waals surface area contributed by atoms with E-state index in [1.807, 2.05) is 0 Å². The fourth-order valence-corrected chi connectivity index (χ4v) is 4.06. The number of benzene rings is 1. The van der Waals surface area contributed by atoms with Crippen molar-refractivity contribution in [3.8, 4) is 0 Å². The third kappa shape index (κ3) is 4.93. The molecule has 0 aliphatic carbocycles. The second-order valence-corrected chi connectivity index (χ2v) is 8.43. The highest BCUT2D eigenvalue weighted by molar-refractivity contribution is 7.88. The summed E-state index contributed by atoms with van der Waals surface area (Å²) in [5.41, 5.74) is 0.162. The Morgan fingerprint density at radius 1 is 1.42 bits per heavy atom. The summed E-state index contributed by atoms with van der Waals surface area (Å²) in [4.78, 5) is 25.4. The second-order valence-electron chi connectivity index (χ2n) is 6.09. The maximum Gasteiger partial charge on any atom is 0.324 e. The molecule has 1 saturated heterocycles. The minimum Gasteiger partial charge on any atom is -0.454 e. The van der Waals surface area contributed by atoms with Gasteiger partial charge in [0.05, 0.1) is 6.26 Å². The van der Waals surface area contributed by atoms with E-state index in [1.165, 1.54) is 30.1 Å². The molecule has 10 heteroatoms. The lowest BCUT2D eigenvalue weighted by Gasteiger charge is -2.22. The van der Waals surface area contributed by atoms with E-state index < -0.39 is 40.4 Å². The Balaban J connectivity index is 1.92. The number of carbonyl (C=O) groups is 2. The lowest BCUT2D eigenvalue weighted by molar-refractivity contribution is -0.154. The van der Waals surface area contributed by atoms with Crippen molar-refractivity contribution in [1.82, 2.24) is 9.21 Å². The average molecular weight is 407 g/mol. The third-order valence-electron chi connectivity index (χ3n) is 4.12. The van der Waals surface area contributed by atoms with Crippen LogP contribution in [0.4, 0.5) is 4.39 Å². The molecule has 0 bridgehead atoms. The van der Waals surface area contributed by atoms with Crippen LogP contribution < -0.4 is 0 Å². The number of hydrogen-bond acceptors (Lipinski definition) is 5. The average Bonchev–Trinajstić information content (AvgIpc) is 3.05. The number of sulfonamides is 1. The fraction of sp³-hybridized carbons (Fsp3) is 0.500. The molecule has 0 saturated carbocycles. The predicted octanol–water partition coefficient (Wildman–Crippen LogP) is 1.40. The van der Waals surface area contributed by atoms with Gasteiger partial charge in [0.15, 0.2) is 6.61 Å². The van der Waals surface area contributed by atoms with E-state index in [-0.39, 0.29) is 23.7 Å². The maximum absolute atomic E-state index is 13.8. The van der Waals surface area contributed by atoms with Gasteiger partial charge in [-0.1, -0.05) is 17.7 Å². The van der Waals surface area contributed by atoms with Crippen LogP contribution in [0.25, 0.3) is 0 Å². The van der Waals surface area contributed by atoms with Gasteiger partial charge in [-0.3, -0.25) is 9.59 Å². The summed E-state index contributed by atoms with van der Waals surface area (Å²) in [5, 5.41) is 0.191. The molecule has 144 valence electrons. The number of carbonyl (C=O) groups excluding carboxylic acids is 2. The van der Waals surface area contributed by atoms with E-state index in [0.717, 1.165) is 10.6 Å². The Kier molecular flexibility index (Phi) is 6.59. The molecule has 2 rings (SSSR count). The molecular formula is C16H20ClFN2O5S. The number of amides is 1. The van der Waals surface area contributed by atoms with Crippen molar-refractivity contribution in [1.29, 1.82) is 0 Å². The highest BCUT2D eigenvalue weighted by Crippen LogP contribution is 2.22. The molecule has 0 aromatic heterocycles. The molecule has 1 unspecified atom stereocenters. The first-order valence-electron chi connectivity index (χ1n) is 7.91. The van der Waals surface area contributed by atoms with Gasteiger partial charge >= 0.3 is 5.97 Å². The van der Waals surface area contributed by atoms with Crippen molar-refractivity contribution in [3.63, 3.8) is 0 Å². The highest BCUT2D eigenvalue weighted by Gasteiger charge is 2.37. The lowest BCUT2D eigenvalue weighted by atomic mass is 10.2. The van der Waals surface area contributed by atoms with Crippen LogP contribution in [0.15, 0.2) is 18.2 Å². The summed E-state index contributed by atoms with van der Waals surface area (Å²) in [7, 11) is -2.09. The van der Waals surface area contributed by atoms with Gasteiger partial charge in [-0.05, 0) is 25.0 Å². The summed E-state index contributed by atoms with van der Waals surface area (Å²) in [6.07, 6.45) is 1.92. The zero-order valence-corrected chi connectivity index (χ0v) is 16.0. The van der Waals surface area contributed by atoms with Gasteiger partial charge in [-0.25, -0.2) is 12.8 Å². The third-order valence-corrected chi connectivity index (χ3v) is 5.77. The molecular weight excluding hydrogens is 387 g/mol. The summed E-state index contributed by atoms with van der Waals surface area (Å²) < 4.78 is 43.1. The number of hydrogen-bond donors (Lipinski definition) is 0. The van der Waals surface area contributed by atoms with Crippen molar-refractivity contribution < 1.29 is 27.1 Å². The first-order chi connectivity index (χ1) is 12.1. The number of rotatable bonds is 6. The van der Waals surface area contributed by atoms with E-state index in [4.69, 9.17) is 16.3 Å². The van der Waals surface area contributed by atoms with Crippen LogP contribution in [0.5, 0.6) is 0 Å². The minimum atomic E-state index is -3.52. The molecule has 26 heavy (non-hydrogen) atoms. The molecule has 7 nitrogen and oxygen atoms in total. The molecule has 1 heterocycles. The van der Waals surface area contributed by atoms with Crippen LogP contribution in [-0.2, 0) is 30.9 Å². The first kappa shape index (κ1) is 20.6. The summed E-state index contributed by atoms with van der Waals surface area (Å²) in [6, 6.07) is 3.29. The largest absolute Gasteiger partial charge is 0.454 e. The van der Waals surface area contributed by atoms with Gasteiger partial charge in [0.1, 0.15) is 11.9 Å². The zero-order valence-electron chi connectivity index (χ0n) is 14.4. The Morgan fingerprint density at radius 3 is 2.73 bits per heavy atom. The van der Waals surface area contributed by atoms with E-state index in [2.05, 4.69) is 0 Å². The molecule has 0 N–H and O–H groups in total. The quantitative estimate of drug-likeness (QED) is 0.667. The molecule has 1 aliphatic heterocycles. The first-order valence-corrected chi connectivity index (χ1v) is 10.1. The van der Waals surface area contributed by atoms with Crippen molar-refractivity contribution >= 4 is 33.5 Å². The highest BCUT2D eigenvalue weighted by atomic mass is 35.5. The van der Waals surface area contributed by atoms with E-state index in [9.17, 15) is 22.4 Å². The van der Waals surface area contributed by atoms with Gasteiger partial charge in [-0.15, -0.1) is 0 Å². The second kappa shape index (κ2) is 8.32. The minimum absolute atomic E-state index is 0.0826. The molecule has 0 spiro atoms. The van der Waals surface area contributed by atoms with Crippen molar-refractivity contribution in [3.05, 3.63) is 34.6 Å². The maximum atomic E-state index is 13.8.